The van der Waals surface area contributed by atoms with Gasteiger partial charge < -0.3 is 10.2 Å². The Morgan fingerprint density at radius 3 is 2.54 bits per heavy atom. The minimum atomic E-state index is -0.143. The van der Waals surface area contributed by atoms with Crippen LogP contribution in [0, 0.1) is 10.5 Å². The molecule has 0 spiro atoms. The molecule has 2 aromatic rings. The Balaban J connectivity index is 1.73. The van der Waals surface area contributed by atoms with Crippen molar-refractivity contribution < 1.29 is 9.59 Å². The zero-order valence-corrected chi connectivity index (χ0v) is 15.7. The van der Waals surface area contributed by atoms with Gasteiger partial charge in [-0.3, -0.25) is 9.59 Å². The third-order valence-electron chi connectivity index (χ3n) is 4.20. The molecule has 2 amide bonds. The molecule has 3 rings (SSSR count). The molecule has 1 aliphatic heterocycles. The standard InChI is InChI=1S/C19H19IN2O2/c1-13-12-15(20)7-10-17(13)21-19(24)14-5-8-16(9-6-14)22-11-3-2-4-18(22)23/h5-10,12H,2-4,11H2,1H3,(H,21,24). The normalized spacial score (nSPS) is 14.6. The van der Waals surface area contributed by atoms with Gasteiger partial charge in [-0.2, -0.15) is 0 Å². The lowest BCUT2D eigenvalue weighted by Gasteiger charge is -2.26. The van der Waals surface area contributed by atoms with Crippen molar-refractivity contribution in [2.45, 2.75) is 26.2 Å². The molecule has 0 atom stereocenters. The fraction of sp³-hybridized carbons (Fsp3) is 0.263. The van der Waals surface area contributed by atoms with Gasteiger partial charge in [0.05, 0.1) is 0 Å². The Morgan fingerprint density at radius 2 is 1.88 bits per heavy atom. The number of benzene rings is 2. The Labute approximate surface area is 155 Å². The second kappa shape index (κ2) is 7.34. The van der Waals surface area contributed by atoms with Gasteiger partial charge in [0, 0.05) is 33.5 Å². The van der Waals surface area contributed by atoms with Crippen molar-refractivity contribution in [3.05, 3.63) is 57.2 Å². The summed E-state index contributed by atoms with van der Waals surface area (Å²) >= 11 is 2.25. The summed E-state index contributed by atoms with van der Waals surface area (Å²) in [6.45, 7) is 2.73. The van der Waals surface area contributed by atoms with Crippen molar-refractivity contribution in [3.63, 3.8) is 0 Å². The molecule has 0 aliphatic carbocycles. The average Bonchev–Trinajstić information content (AvgIpc) is 2.58. The predicted molar refractivity (Wildman–Crippen MR) is 104 cm³/mol. The number of anilines is 2. The van der Waals surface area contributed by atoms with E-state index in [1.54, 1.807) is 17.0 Å². The van der Waals surface area contributed by atoms with Gasteiger partial charge in [-0.1, -0.05) is 0 Å². The van der Waals surface area contributed by atoms with Crippen LogP contribution in [0.1, 0.15) is 35.2 Å². The van der Waals surface area contributed by atoms with E-state index in [0.29, 0.717) is 12.0 Å². The molecule has 1 fully saturated rings. The van der Waals surface area contributed by atoms with Gasteiger partial charge in [0.25, 0.3) is 5.91 Å². The topological polar surface area (TPSA) is 49.4 Å². The summed E-state index contributed by atoms with van der Waals surface area (Å²) in [4.78, 5) is 26.2. The first kappa shape index (κ1) is 17.0. The zero-order chi connectivity index (χ0) is 17.1. The molecule has 1 saturated heterocycles. The largest absolute Gasteiger partial charge is 0.322 e. The molecule has 124 valence electrons. The zero-order valence-electron chi connectivity index (χ0n) is 13.5. The first-order valence-electron chi connectivity index (χ1n) is 8.02. The maximum Gasteiger partial charge on any atom is 0.255 e. The summed E-state index contributed by atoms with van der Waals surface area (Å²) in [5.74, 6) is 0.0174. The number of hydrogen-bond acceptors (Lipinski definition) is 2. The van der Waals surface area contributed by atoms with Crippen LogP contribution in [-0.2, 0) is 4.79 Å². The third-order valence-corrected chi connectivity index (χ3v) is 4.87. The van der Waals surface area contributed by atoms with Crippen LogP contribution in [-0.4, -0.2) is 18.4 Å². The Bertz CT molecular complexity index is 771. The predicted octanol–water partition coefficient (Wildman–Crippen LogP) is 4.37. The molecule has 1 N–H and O–H groups in total. The highest BCUT2D eigenvalue weighted by atomic mass is 127. The number of rotatable bonds is 3. The number of halogens is 1. The van der Waals surface area contributed by atoms with Gasteiger partial charge in [-0.05, 0) is 90.4 Å². The fourth-order valence-electron chi connectivity index (χ4n) is 2.83. The number of aryl methyl sites for hydroxylation is 1. The van der Waals surface area contributed by atoms with Crippen LogP contribution in [0.4, 0.5) is 11.4 Å². The van der Waals surface area contributed by atoms with E-state index < -0.39 is 0 Å². The molecule has 0 radical (unpaired) electrons. The van der Waals surface area contributed by atoms with Crippen molar-refractivity contribution in [3.8, 4) is 0 Å². The van der Waals surface area contributed by atoms with Gasteiger partial charge in [0.15, 0.2) is 0 Å². The van der Waals surface area contributed by atoms with Crippen molar-refractivity contribution in [2.24, 2.45) is 0 Å². The fourth-order valence-corrected chi connectivity index (χ4v) is 3.48. The van der Waals surface area contributed by atoms with Crippen LogP contribution in [0.2, 0.25) is 0 Å². The van der Waals surface area contributed by atoms with E-state index in [0.717, 1.165) is 39.9 Å². The second-order valence-electron chi connectivity index (χ2n) is 5.96. The van der Waals surface area contributed by atoms with E-state index in [-0.39, 0.29) is 11.8 Å². The minimum absolute atomic E-state index is 0.143. The molecule has 1 aliphatic rings. The van der Waals surface area contributed by atoms with Gasteiger partial charge in [-0.15, -0.1) is 0 Å². The number of nitrogens with one attached hydrogen (secondary N) is 1. The van der Waals surface area contributed by atoms with E-state index in [1.165, 1.54) is 0 Å². The van der Waals surface area contributed by atoms with E-state index >= 15 is 0 Å². The lowest BCUT2D eigenvalue weighted by molar-refractivity contribution is -0.119. The minimum Gasteiger partial charge on any atom is -0.322 e. The van der Waals surface area contributed by atoms with Crippen LogP contribution in [0.25, 0.3) is 0 Å². The van der Waals surface area contributed by atoms with E-state index in [9.17, 15) is 9.59 Å². The molecule has 4 nitrogen and oxygen atoms in total. The number of nitrogens with zero attached hydrogens (tertiary/aromatic N) is 1. The number of carbonyl (C=O) groups excluding carboxylic acids is 2. The smallest absolute Gasteiger partial charge is 0.255 e. The molecular formula is C19H19IN2O2. The third kappa shape index (κ3) is 3.77. The molecule has 5 heteroatoms. The van der Waals surface area contributed by atoms with Crippen LogP contribution >= 0.6 is 22.6 Å². The quantitative estimate of drug-likeness (QED) is 0.730. The Hall–Kier alpha value is -1.89. The maximum atomic E-state index is 12.4. The molecule has 0 aromatic heterocycles. The highest BCUT2D eigenvalue weighted by molar-refractivity contribution is 14.1. The van der Waals surface area contributed by atoms with Crippen molar-refractivity contribution in [2.75, 3.05) is 16.8 Å². The van der Waals surface area contributed by atoms with Crippen molar-refractivity contribution >= 4 is 45.8 Å². The van der Waals surface area contributed by atoms with Gasteiger partial charge in [-0.25, -0.2) is 0 Å². The molecule has 0 unspecified atom stereocenters. The van der Waals surface area contributed by atoms with Crippen LogP contribution in [0.15, 0.2) is 42.5 Å². The maximum absolute atomic E-state index is 12.4. The van der Waals surface area contributed by atoms with Crippen LogP contribution in [0.5, 0.6) is 0 Å². The SMILES string of the molecule is Cc1cc(I)ccc1NC(=O)c1ccc(N2CCCCC2=O)cc1. The highest BCUT2D eigenvalue weighted by Gasteiger charge is 2.19. The number of piperidine rings is 1. The summed E-state index contributed by atoms with van der Waals surface area (Å²) < 4.78 is 1.14. The highest BCUT2D eigenvalue weighted by Crippen LogP contribution is 2.22. The van der Waals surface area contributed by atoms with Crippen molar-refractivity contribution in [1.29, 1.82) is 0 Å². The summed E-state index contributed by atoms with van der Waals surface area (Å²) in [6, 6.07) is 13.1. The number of hydrogen-bond donors (Lipinski definition) is 1. The monoisotopic (exact) mass is 434 g/mol. The van der Waals surface area contributed by atoms with Crippen LogP contribution < -0.4 is 10.2 Å². The van der Waals surface area contributed by atoms with E-state index in [1.807, 2.05) is 37.3 Å². The van der Waals surface area contributed by atoms with Gasteiger partial charge in [0.2, 0.25) is 5.91 Å². The molecule has 2 aromatic carbocycles. The average molecular weight is 434 g/mol. The Kier molecular flexibility index (Phi) is 5.18. The van der Waals surface area contributed by atoms with Gasteiger partial charge >= 0.3 is 0 Å². The number of amides is 2. The summed E-state index contributed by atoms with van der Waals surface area (Å²) in [6.07, 6.45) is 2.60. The lowest BCUT2D eigenvalue weighted by Crippen LogP contribution is -2.35. The summed E-state index contributed by atoms with van der Waals surface area (Å²) in [5.41, 5.74) is 3.30. The second-order valence-corrected chi connectivity index (χ2v) is 7.21. The molecule has 24 heavy (non-hydrogen) atoms. The summed E-state index contributed by atoms with van der Waals surface area (Å²) in [7, 11) is 0. The first-order valence-corrected chi connectivity index (χ1v) is 9.10. The van der Waals surface area contributed by atoms with E-state index in [2.05, 4.69) is 27.9 Å². The number of carbonyl (C=O) groups is 2. The van der Waals surface area contributed by atoms with Crippen LogP contribution in [0.3, 0.4) is 0 Å². The van der Waals surface area contributed by atoms with Crippen molar-refractivity contribution in [1.82, 2.24) is 0 Å². The molecule has 0 saturated carbocycles. The molecule has 1 heterocycles. The molecular weight excluding hydrogens is 415 g/mol. The Morgan fingerprint density at radius 1 is 1.12 bits per heavy atom. The summed E-state index contributed by atoms with van der Waals surface area (Å²) in [5, 5.41) is 2.94. The van der Waals surface area contributed by atoms with E-state index in [4.69, 9.17) is 0 Å². The molecule has 0 bridgehead atoms. The lowest BCUT2D eigenvalue weighted by atomic mass is 10.1. The van der Waals surface area contributed by atoms with Gasteiger partial charge in [0.1, 0.15) is 0 Å². The first-order chi connectivity index (χ1) is 11.5.